The van der Waals surface area contributed by atoms with Crippen molar-refractivity contribution in [2.45, 2.75) is 12.2 Å². The van der Waals surface area contributed by atoms with Crippen LogP contribution in [0, 0.1) is 0 Å². The van der Waals surface area contributed by atoms with Crippen LogP contribution in [0.3, 0.4) is 0 Å². The molecule has 2 aromatic carbocycles. The predicted molar refractivity (Wildman–Crippen MR) is 109 cm³/mol. The number of carbonyl (C=O) groups excluding carboxylic acids is 2. The largest absolute Gasteiger partial charge is 0.497 e. The minimum absolute atomic E-state index is 0.150. The maximum absolute atomic E-state index is 12.2. The molecule has 2 aromatic rings. The van der Waals surface area contributed by atoms with Crippen molar-refractivity contribution in [2.24, 2.45) is 0 Å². The number of halogens is 2. The number of rotatable bonds is 7. The average molecular weight is 413 g/mol. The quantitative estimate of drug-likeness (QED) is 0.691. The van der Waals surface area contributed by atoms with Gasteiger partial charge in [-0.3, -0.25) is 9.59 Å². The fourth-order valence-electron chi connectivity index (χ4n) is 2.02. The Kier molecular flexibility index (Phi) is 7.63. The molecule has 0 heterocycles. The number of hydrogen-bond acceptors (Lipinski definition) is 4. The lowest BCUT2D eigenvalue weighted by Gasteiger charge is -2.12. The number of nitrogens with one attached hydrogen (secondary N) is 2. The Morgan fingerprint density at radius 2 is 1.65 bits per heavy atom. The molecule has 0 aliphatic rings. The molecule has 0 unspecified atom stereocenters. The van der Waals surface area contributed by atoms with E-state index in [2.05, 4.69) is 10.6 Å². The fraction of sp³-hybridized carbons (Fsp3) is 0.222. The highest BCUT2D eigenvalue weighted by Gasteiger charge is 2.16. The van der Waals surface area contributed by atoms with E-state index >= 15 is 0 Å². The van der Waals surface area contributed by atoms with Crippen molar-refractivity contribution < 1.29 is 14.3 Å². The number of anilines is 2. The third kappa shape index (κ3) is 6.44. The molecule has 0 saturated carbocycles. The summed E-state index contributed by atoms with van der Waals surface area (Å²) in [5.41, 5.74) is 1.18. The van der Waals surface area contributed by atoms with E-state index < -0.39 is 5.25 Å². The second-order valence-corrected chi connectivity index (χ2v) is 7.58. The Balaban J connectivity index is 1.81. The molecule has 2 amide bonds. The van der Waals surface area contributed by atoms with E-state index in [1.54, 1.807) is 56.5 Å². The first-order chi connectivity index (χ1) is 12.4. The van der Waals surface area contributed by atoms with E-state index in [1.807, 2.05) is 0 Å². The minimum Gasteiger partial charge on any atom is -0.497 e. The third-order valence-corrected chi connectivity index (χ3v) is 4.92. The molecular formula is C18H18Cl2N2O3S. The van der Waals surface area contributed by atoms with Crippen molar-refractivity contribution in [1.29, 1.82) is 0 Å². The highest BCUT2D eigenvalue weighted by atomic mass is 35.5. The van der Waals surface area contributed by atoms with Gasteiger partial charge in [-0.1, -0.05) is 23.2 Å². The van der Waals surface area contributed by atoms with Gasteiger partial charge in [0.2, 0.25) is 11.8 Å². The van der Waals surface area contributed by atoms with E-state index in [0.29, 0.717) is 27.2 Å². The molecule has 5 nitrogen and oxygen atoms in total. The summed E-state index contributed by atoms with van der Waals surface area (Å²) in [7, 11) is 1.58. The molecule has 0 aliphatic carbocycles. The topological polar surface area (TPSA) is 67.4 Å². The number of carbonyl (C=O) groups is 2. The molecule has 26 heavy (non-hydrogen) atoms. The van der Waals surface area contributed by atoms with Gasteiger partial charge in [-0.05, 0) is 49.4 Å². The summed E-state index contributed by atoms with van der Waals surface area (Å²) in [5, 5.41) is 5.96. The van der Waals surface area contributed by atoms with Crippen LogP contribution in [0.5, 0.6) is 5.75 Å². The Hall–Kier alpha value is -1.89. The molecule has 0 aliphatic heterocycles. The molecular weight excluding hydrogens is 395 g/mol. The highest BCUT2D eigenvalue weighted by molar-refractivity contribution is 8.01. The van der Waals surface area contributed by atoms with Crippen LogP contribution in [-0.2, 0) is 9.59 Å². The van der Waals surface area contributed by atoms with Crippen LogP contribution in [0.4, 0.5) is 11.4 Å². The number of methoxy groups -OCH3 is 1. The molecule has 0 radical (unpaired) electrons. The van der Waals surface area contributed by atoms with E-state index in [4.69, 9.17) is 27.9 Å². The van der Waals surface area contributed by atoms with Crippen LogP contribution in [0.1, 0.15) is 6.92 Å². The number of amides is 2. The summed E-state index contributed by atoms with van der Waals surface area (Å²) < 4.78 is 5.07. The summed E-state index contributed by atoms with van der Waals surface area (Å²) in [4.78, 5) is 24.2. The van der Waals surface area contributed by atoms with Crippen LogP contribution in [0.2, 0.25) is 10.0 Å². The summed E-state index contributed by atoms with van der Waals surface area (Å²) in [6.45, 7) is 1.73. The fourth-order valence-corrected chi connectivity index (χ4v) is 3.23. The normalized spacial score (nSPS) is 11.5. The van der Waals surface area contributed by atoms with Crippen molar-refractivity contribution in [3.63, 3.8) is 0 Å². The molecule has 0 spiro atoms. The minimum atomic E-state index is -0.422. The molecule has 0 saturated heterocycles. The Labute approximate surface area is 166 Å². The lowest BCUT2D eigenvalue weighted by molar-refractivity contribution is -0.115. The highest BCUT2D eigenvalue weighted by Crippen LogP contribution is 2.23. The van der Waals surface area contributed by atoms with Crippen molar-refractivity contribution >= 4 is 58.2 Å². The standard InChI is InChI=1S/C18H18Cl2N2O3S/c1-11(18(24)22-15-8-12(19)7-13(20)9-15)26-10-17(23)21-14-3-5-16(25-2)6-4-14/h3-9,11H,10H2,1-2H3,(H,21,23)(H,22,24)/t11-/m1/s1. The second-order valence-electron chi connectivity index (χ2n) is 5.38. The van der Waals surface area contributed by atoms with Gasteiger partial charge in [-0.25, -0.2) is 0 Å². The number of hydrogen-bond donors (Lipinski definition) is 2. The summed E-state index contributed by atoms with van der Waals surface area (Å²) >= 11 is 13.1. The molecule has 138 valence electrons. The second kappa shape index (κ2) is 9.71. The molecule has 0 fully saturated rings. The smallest absolute Gasteiger partial charge is 0.237 e. The van der Waals surface area contributed by atoms with Gasteiger partial charge in [-0.2, -0.15) is 0 Å². The number of ether oxygens (including phenoxy) is 1. The first-order valence-corrected chi connectivity index (χ1v) is 9.50. The maximum atomic E-state index is 12.2. The monoisotopic (exact) mass is 412 g/mol. The van der Waals surface area contributed by atoms with Crippen LogP contribution in [0.25, 0.3) is 0 Å². The molecule has 0 aromatic heterocycles. The lowest BCUT2D eigenvalue weighted by atomic mass is 10.3. The van der Waals surface area contributed by atoms with E-state index in [-0.39, 0.29) is 17.6 Å². The van der Waals surface area contributed by atoms with Gasteiger partial charge in [0.25, 0.3) is 0 Å². The van der Waals surface area contributed by atoms with E-state index in [0.717, 1.165) is 0 Å². The lowest BCUT2D eigenvalue weighted by Crippen LogP contribution is -2.25. The van der Waals surface area contributed by atoms with E-state index in [9.17, 15) is 9.59 Å². The zero-order valence-electron chi connectivity index (χ0n) is 14.2. The Bertz CT molecular complexity index is 764. The average Bonchev–Trinajstić information content (AvgIpc) is 2.59. The van der Waals surface area contributed by atoms with Crippen LogP contribution in [-0.4, -0.2) is 29.9 Å². The van der Waals surface area contributed by atoms with Crippen LogP contribution >= 0.6 is 35.0 Å². The zero-order valence-corrected chi connectivity index (χ0v) is 16.5. The van der Waals surface area contributed by atoms with Gasteiger partial charge >= 0.3 is 0 Å². The zero-order chi connectivity index (χ0) is 19.1. The summed E-state index contributed by atoms with van der Waals surface area (Å²) in [6.07, 6.45) is 0. The number of thioether (sulfide) groups is 1. The first-order valence-electron chi connectivity index (χ1n) is 7.70. The first kappa shape index (κ1) is 20.4. The van der Waals surface area contributed by atoms with Crippen molar-refractivity contribution in [3.05, 3.63) is 52.5 Å². The molecule has 0 bridgehead atoms. The van der Waals surface area contributed by atoms with Crippen LogP contribution in [0.15, 0.2) is 42.5 Å². The molecule has 2 rings (SSSR count). The van der Waals surface area contributed by atoms with Crippen molar-refractivity contribution in [2.75, 3.05) is 23.5 Å². The SMILES string of the molecule is COc1ccc(NC(=O)CS[C@H](C)C(=O)Nc2cc(Cl)cc(Cl)c2)cc1. The Morgan fingerprint density at radius 1 is 1.04 bits per heavy atom. The van der Waals surface area contributed by atoms with Gasteiger partial charge in [-0.15, -0.1) is 11.8 Å². The summed E-state index contributed by atoms with van der Waals surface area (Å²) in [5.74, 6) is 0.441. The van der Waals surface area contributed by atoms with E-state index in [1.165, 1.54) is 11.8 Å². The van der Waals surface area contributed by atoms with Gasteiger partial charge in [0, 0.05) is 21.4 Å². The summed E-state index contributed by atoms with van der Waals surface area (Å²) in [6, 6.07) is 11.8. The van der Waals surface area contributed by atoms with Crippen molar-refractivity contribution in [1.82, 2.24) is 0 Å². The van der Waals surface area contributed by atoms with Gasteiger partial charge < -0.3 is 15.4 Å². The predicted octanol–water partition coefficient (Wildman–Crippen LogP) is 4.70. The van der Waals surface area contributed by atoms with Gasteiger partial charge in [0.1, 0.15) is 5.75 Å². The number of benzene rings is 2. The third-order valence-electron chi connectivity index (χ3n) is 3.34. The molecule has 2 N–H and O–H groups in total. The molecule has 8 heteroatoms. The molecule has 1 atom stereocenters. The maximum Gasteiger partial charge on any atom is 0.237 e. The van der Waals surface area contributed by atoms with Crippen LogP contribution < -0.4 is 15.4 Å². The van der Waals surface area contributed by atoms with Gasteiger partial charge in [0.05, 0.1) is 18.1 Å². The van der Waals surface area contributed by atoms with Crippen molar-refractivity contribution in [3.8, 4) is 5.75 Å². The Morgan fingerprint density at radius 3 is 2.23 bits per heavy atom. The van der Waals surface area contributed by atoms with Gasteiger partial charge in [0.15, 0.2) is 0 Å².